The summed E-state index contributed by atoms with van der Waals surface area (Å²) in [5.41, 5.74) is 12.1. The summed E-state index contributed by atoms with van der Waals surface area (Å²) in [6.07, 6.45) is 1.88. The van der Waals surface area contributed by atoms with Crippen LogP contribution in [0.1, 0.15) is 0 Å². The Kier molecular flexibility index (Phi) is 5.24. The zero-order valence-electron chi connectivity index (χ0n) is 15.5. The second kappa shape index (κ2) is 7.47. The maximum atomic E-state index is 4.65. The first-order valence-corrected chi connectivity index (χ1v) is 18.8. The Labute approximate surface area is 169 Å². The first-order chi connectivity index (χ1) is 12.5. The number of hydrogen-bond acceptors (Lipinski definition) is 3. The maximum absolute atomic E-state index is 4.65. The minimum absolute atomic E-state index is 0.893. The van der Waals surface area contributed by atoms with E-state index in [0.29, 0.717) is 0 Å². The van der Waals surface area contributed by atoms with Gasteiger partial charge in [-0.2, -0.15) is 0 Å². The van der Waals surface area contributed by atoms with Crippen LogP contribution < -0.4 is 13.6 Å². The van der Waals surface area contributed by atoms with E-state index in [9.17, 15) is 0 Å². The van der Waals surface area contributed by atoms with Crippen LogP contribution in [0.3, 0.4) is 0 Å². The van der Waals surface area contributed by atoms with Gasteiger partial charge in [-0.05, 0) is 0 Å². The standard InChI is InChI=1S/C21H22As2N2S/c1-22(2)15-8-10-17-19(13-15)26-20-14-16(23(3)4)9-11-18(20)25(17)21-7-5-6-12-24-21/h5-14H,1-4H3. The molecule has 0 aliphatic carbocycles. The summed E-state index contributed by atoms with van der Waals surface area (Å²) in [6, 6.07) is 20.2. The third-order valence-electron chi connectivity index (χ3n) is 4.50. The monoisotopic (exact) mass is 484 g/mol. The molecule has 1 aliphatic heterocycles. The molecular formula is C21H22As2N2S. The molecule has 26 heavy (non-hydrogen) atoms. The molecule has 5 heteroatoms. The average molecular weight is 484 g/mol. The van der Waals surface area contributed by atoms with E-state index in [1.807, 2.05) is 24.0 Å². The first-order valence-electron chi connectivity index (χ1n) is 8.56. The fourth-order valence-corrected chi connectivity index (χ4v) is 7.78. The average Bonchev–Trinajstić information content (AvgIpc) is 2.65. The van der Waals surface area contributed by atoms with Crippen molar-refractivity contribution in [3.05, 3.63) is 60.8 Å². The molecule has 4 rings (SSSR count). The molecule has 0 saturated carbocycles. The van der Waals surface area contributed by atoms with Crippen molar-refractivity contribution in [1.29, 1.82) is 0 Å². The van der Waals surface area contributed by atoms with Gasteiger partial charge in [0.25, 0.3) is 0 Å². The van der Waals surface area contributed by atoms with Gasteiger partial charge in [0, 0.05) is 0 Å². The number of aromatic nitrogens is 1. The van der Waals surface area contributed by atoms with Crippen LogP contribution in [0, 0.1) is 0 Å². The summed E-state index contributed by atoms with van der Waals surface area (Å²) >= 11 is 0.136. The number of benzene rings is 2. The third kappa shape index (κ3) is 3.38. The molecule has 2 nitrogen and oxygen atoms in total. The Hall–Kier alpha value is -1.14. The fraction of sp³-hybridized carbons (Fsp3) is 0.190. The summed E-state index contributed by atoms with van der Waals surface area (Å²) in [5, 5.41) is 0. The normalized spacial score (nSPS) is 13.1. The van der Waals surface area contributed by atoms with E-state index in [0.717, 1.165) is 5.82 Å². The summed E-state index contributed by atoms with van der Waals surface area (Å²) in [7, 11) is 0. The molecule has 0 atom stereocenters. The summed E-state index contributed by atoms with van der Waals surface area (Å²) in [6.45, 7) is 0. The topological polar surface area (TPSA) is 16.1 Å². The van der Waals surface area contributed by atoms with Crippen molar-refractivity contribution in [2.45, 2.75) is 32.6 Å². The minimum atomic E-state index is -0.893. The first kappa shape index (κ1) is 18.2. The number of anilines is 3. The summed E-state index contributed by atoms with van der Waals surface area (Å²) < 4.78 is 3.06. The molecule has 1 aliphatic rings. The van der Waals surface area contributed by atoms with Gasteiger partial charge in [0.2, 0.25) is 0 Å². The molecule has 0 amide bonds. The van der Waals surface area contributed by atoms with Gasteiger partial charge in [-0.25, -0.2) is 0 Å². The molecule has 3 aromatic rings. The Morgan fingerprint density at radius 1 is 0.769 bits per heavy atom. The third-order valence-corrected chi connectivity index (χ3v) is 11.1. The Bertz CT molecular complexity index is 884. The fourth-order valence-electron chi connectivity index (χ4n) is 3.08. The van der Waals surface area contributed by atoms with Gasteiger partial charge in [0.05, 0.1) is 0 Å². The van der Waals surface area contributed by atoms with E-state index in [1.165, 1.54) is 29.9 Å². The molecule has 2 aromatic carbocycles. The SMILES string of the molecule is C[As](C)c1ccc2c(c1)Sc1cc([As](C)C)ccc1N2c1ccccn1. The van der Waals surface area contributed by atoms with E-state index < -0.39 is 29.3 Å². The van der Waals surface area contributed by atoms with Crippen LogP contribution in [0.15, 0.2) is 70.6 Å². The second-order valence-electron chi connectivity index (χ2n) is 6.72. The van der Waals surface area contributed by atoms with Crippen molar-refractivity contribution in [2.75, 3.05) is 4.90 Å². The van der Waals surface area contributed by atoms with Crippen molar-refractivity contribution in [3.63, 3.8) is 0 Å². The zero-order chi connectivity index (χ0) is 18.3. The molecule has 0 spiro atoms. The Morgan fingerprint density at radius 2 is 1.35 bits per heavy atom. The van der Waals surface area contributed by atoms with Crippen LogP contribution in [0.2, 0.25) is 22.8 Å². The molecule has 132 valence electrons. The van der Waals surface area contributed by atoms with Crippen molar-refractivity contribution < 1.29 is 0 Å². The van der Waals surface area contributed by atoms with Gasteiger partial charge in [-0.15, -0.1) is 0 Å². The molecule has 0 saturated heterocycles. The van der Waals surface area contributed by atoms with Crippen molar-refractivity contribution in [1.82, 2.24) is 4.98 Å². The van der Waals surface area contributed by atoms with Crippen LogP contribution >= 0.6 is 11.8 Å². The second-order valence-corrected chi connectivity index (χ2v) is 17.5. The zero-order valence-corrected chi connectivity index (χ0v) is 20.0. The van der Waals surface area contributed by atoms with E-state index in [2.05, 4.69) is 81.3 Å². The van der Waals surface area contributed by atoms with Crippen molar-refractivity contribution in [2.24, 2.45) is 0 Å². The molecule has 0 unspecified atom stereocenters. The van der Waals surface area contributed by atoms with E-state index in [1.54, 1.807) is 0 Å². The Morgan fingerprint density at radius 3 is 1.81 bits per heavy atom. The summed E-state index contributed by atoms with van der Waals surface area (Å²) in [4.78, 5) is 9.68. The molecule has 0 bridgehead atoms. The predicted octanol–water partition coefficient (Wildman–Crippen LogP) is 4.94. The van der Waals surface area contributed by atoms with Crippen LogP contribution in [0.25, 0.3) is 0 Å². The number of nitrogens with zero attached hydrogens (tertiary/aromatic N) is 2. The molecule has 1 aromatic heterocycles. The predicted molar refractivity (Wildman–Crippen MR) is 117 cm³/mol. The van der Waals surface area contributed by atoms with Gasteiger partial charge < -0.3 is 0 Å². The van der Waals surface area contributed by atoms with Gasteiger partial charge in [-0.3, -0.25) is 0 Å². The van der Waals surface area contributed by atoms with Gasteiger partial charge in [0.1, 0.15) is 0 Å². The van der Waals surface area contributed by atoms with Crippen LogP contribution in [-0.2, 0) is 0 Å². The van der Waals surface area contributed by atoms with Crippen molar-refractivity contribution in [3.8, 4) is 0 Å². The molecule has 2 heterocycles. The summed E-state index contributed by atoms with van der Waals surface area (Å²) in [5.74, 6) is 0.987. The molecule has 0 fully saturated rings. The number of fused-ring (bicyclic) bond motifs is 2. The van der Waals surface area contributed by atoms with Crippen LogP contribution in [0.5, 0.6) is 0 Å². The quantitative estimate of drug-likeness (QED) is 0.384. The van der Waals surface area contributed by atoms with E-state index >= 15 is 0 Å². The van der Waals surface area contributed by atoms with Gasteiger partial charge in [0.15, 0.2) is 0 Å². The number of rotatable bonds is 3. The van der Waals surface area contributed by atoms with Crippen LogP contribution in [0.4, 0.5) is 17.2 Å². The number of pyridine rings is 1. The van der Waals surface area contributed by atoms with Gasteiger partial charge in [-0.1, -0.05) is 0 Å². The van der Waals surface area contributed by atoms with E-state index in [-0.39, 0.29) is 0 Å². The van der Waals surface area contributed by atoms with E-state index in [4.69, 9.17) is 0 Å². The molecule has 0 radical (unpaired) electrons. The number of hydrogen-bond donors (Lipinski definition) is 0. The molecule has 0 N–H and O–H groups in total. The van der Waals surface area contributed by atoms with Gasteiger partial charge >= 0.3 is 170 Å². The van der Waals surface area contributed by atoms with Crippen molar-refractivity contribution >= 4 is 67.0 Å². The molecular weight excluding hydrogens is 462 g/mol. The van der Waals surface area contributed by atoms with Crippen LogP contribution in [-0.4, -0.2) is 34.3 Å². The Balaban J connectivity index is 1.91.